The highest BCUT2D eigenvalue weighted by Gasteiger charge is 2.35. The minimum absolute atomic E-state index is 0.0936. The van der Waals surface area contributed by atoms with Gasteiger partial charge in [-0.05, 0) is 12.3 Å². The van der Waals surface area contributed by atoms with Crippen LogP contribution in [0.4, 0.5) is 10.9 Å². The minimum Gasteiger partial charge on any atom is -0.382 e. The number of amides is 1. The Morgan fingerprint density at radius 1 is 1.53 bits per heavy atom. The lowest BCUT2D eigenvalue weighted by Gasteiger charge is -2.25. The number of nitrogens with two attached hydrogens (primary N) is 1. The van der Waals surface area contributed by atoms with Crippen LogP contribution in [-0.4, -0.2) is 43.2 Å². The Labute approximate surface area is 115 Å². The van der Waals surface area contributed by atoms with Crippen molar-refractivity contribution in [3.63, 3.8) is 0 Å². The first-order chi connectivity index (χ1) is 9.15. The number of rotatable bonds is 3. The maximum Gasteiger partial charge on any atom is 0.265 e. The van der Waals surface area contributed by atoms with Gasteiger partial charge in [0, 0.05) is 19.1 Å². The molecule has 6 nitrogen and oxygen atoms in total. The summed E-state index contributed by atoms with van der Waals surface area (Å²) < 4.78 is 5.30. The molecule has 1 aromatic heterocycles. The Morgan fingerprint density at radius 2 is 2.21 bits per heavy atom. The third kappa shape index (κ3) is 2.66. The van der Waals surface area contributed by atoms with Crippen molar-refractivity contribution in [1.29, 1.82) is 0 Å². The van der Waals surface area contributed by atoms with E-state index in [0.29, 0.717) is 35.9 Å². The second-order valence-electron chi connectivity index (χ2n) is 5.10. The van der Waals surface area contributed by atoms with Gasteiger partial charge in [-0.1, -0.05) is 18.3 Å². The second-order valence-corrected chi connectivity index (χ2v) is 6.08. The first kappa shape index (κ1) is 12.7. The van der Waals surface area contributed by atoms with Gasteiger partial charge in [-0.2, -0.15) is 0 Å². The van der Waals surface area contributed by atoms with Gasteiger partial charge in [0.15, 0.2) is 5.13 Å². The molecule has 1 amide bonds. The van der Waals surface area contributed by atoms with Crippen molar-refractivity contribution in [2.75, 3.05) is 36.9 Å². The number of nitrogens with one attached hydrogen (secondary N) is 1. The van der Waals surface area contributed by atoms with Gasteiger partial charge in [0.2, 0.25) is 0 Å². The molecule has 2 aliphatic rings. The first-order valence-electron chi connectivity index (χ1n) is 6.55. The van der Waals surface area contributed by atoms with Crippen LogP contribution in [-0.2, 0) is 4.74 Å². The Morgan fingerprint density at radius 3 is 2.84 bits per heavy atom. The van der Waals surface area contributed by atoms with Crippen molar-refractivity contribution >= 4 is 28.2 Å². The lowest BCUT2D eigenvalue weighted by molar-refractivity contribution is 0.0954. The highest BCUT2D eigenvalue weighted by molar-refractivity contribution is 7.18. The van der Waals surface area contributed by atoms with Crippen molar-refractivity contribution in [2.24, 2.45) is 5.92 Å². The summed E-state index contributed by atoms with van der Waals surface area (Å²) in [5.74, 6) is 0.818. The summed E-state index contributed by atoms with van der Waals surface area (Å²) in [6.45, 7) is 5.11. The molecule has 7 heteroatoms. The van der Waals surface area contributed by atoms with Gasteiger partial charge in [0.25, 0.3) is 5.91 Å². The summed E-state index contributed by atoms with van der Waals surface area (Å²) in [7, 11) is 0. The average Bonchev–Trinajstić information content (AvgIpc) is 2.95. The van der Waals surface area contributed by atoms with Gasteiger partial charge in [-0.3, -0.25) is 4.79 Å². The number of aromatic nitrogens is 1. The topological polar surface area (TPSA) is 80.5 Å². The number of carbonyl (C=O) groups is 1. The van der Waals surface area contributed by atoms with Gasteiger partial charge < -0.3 is 20.7 Å². The zero-order chi connectivity index (χ0) is 13.4. The number of hydrogen-bond acceptors (Lipinski definition) is 6. The zero-order valence-corrected chi connectivity index (χ0v) is 11.7. The molecule has 3 rings (SSSR count). The molecule has 0 radical (unpaired) electrons. The highest BCUT2D eigenvalue weighted by atomic mass is 32.1. The van der Waals surface area contributed by atoms with Crippen LogP contribution in [0.3, 0.4) is 0 Å². The van der Waals surface area contributed by atoms with E-state index in [-0.39, 0.29) is 5.91 Å². The number of thiazole rings is 1. The molecule has 1 aromatic rings. The van der Waals surface area contributed by atoms with Gasteiger partial charge in [-0.25, -0.2) is 4.98 Å². The van der Waals surface area contributed by atoms with Crippen molar-refractivity contribution in [2.45, 2.75) is 19.4 Å². The summed E-state index contributed by atoms with van der Waals surface area (Å²) in [6.07, 6.45) is 1.06. The Balaban J connectivity index is 1.71. The van der Waals surface area contributed by atoms with E-state index in [9.17, 15) is 4.79 Å². The van der Waals surface area contributed by atoms with Crippen molar-refractivity contribution in [3.8, 4) is 0 Å². The predicted octanol–water partition coefficient (Wildman–Crippen LogP) is 0.700. The van der Waals surface area contributed by atoms with Crippen molar-refractivity contribution in [1.82, 2.24) is 10.3 Å². The maximum absolute atomic E-state index is 12.1. The summed E-state index contributed by atoms with van der Waals surface area (Å²) in [5.41, 5.74) is 5.86. The van der Waals surface area contributed by atoms with Gasteiger partial charge in [-0.15, -0.1) is 0 Å². The average molecular weight is 282 g/mol. The molecule has 2 unspecified atom stereocenters. The Hall–Kier alpha value is -1.34. The van der Waals surface area contributed by atoms with E-state index in [0.717, 1.165) is 24.6 Å². The maximum atomic E-state index is 12.1. The van der Waals surface area contributed by atoms with Crippen LogP contribution in [0.1, 0.15) is 23.0 Å². The standard InChI is InChI=1S/C12H18N4O2S/c1-7-6-8(7)14-11(17)9-10(13)15-12(19-9)16-2-4-18-5-3-16/h7-8H,2-6,13H2,1H3,(H,14,17). The van der Waals surface area contributed by atoms with E-state index in [1.54, 1.807) is 0 Å². The molecule has 1 aliphatic heterocycles. The molecular weight excluding hydrogens is 264 g/mol. The molecule has 1 saturated heterocycles. The molecule has 1 aliphatic carbocycles. The van der Waals surface area contributed by atoms with Crippen LogP contribution < -0.4 is 16.0 Å². The number of carbonyl (C=O) groups excluding carboxylic acids is 1. The number of nitrogens with zero attached hydrogens (tertiary/aromatic N) is 2. The minimum atomic E-state index is -0.0936. The molecule has 2 atom stereocenters. The van der Waals surface area contributed by atoms with Gasteiger partial charge in [0.05, 0.1) is 13.2 Å². The molecule has 2 fully saturated rings. The molecule has 3 N–H and O–H groups in total. The summed E-state index contributed by atoms with van der Waals surface area (Å²) in [5, 5.41) is 3.80. The van der Waals surface area contributed by atoms with Crippen LogP contribution in [0, 0.1) is 5.92 Å². The van der Waals surface area contributed by atoms with Crippen molar-refractivity contribution < 1.29 is 9.53 Å². The third-order valence-corrected chi connectivity index (χ3v) is 4.69. The van der Waals surface area contributed by atoms with E-state index in [1.807, 2.05) is 0 Å². The van der Waals surface area contributed by atoms with E-state index >= 15 is 0 Å². The largest absolute Gasteiger partial charge is 0.382 e. The van der Waals surface area contributed by atoms with E-state index in [2.05, 4.69) is 22.1 Å². The molecule has 0 spiro atoms. The SMILES string of the molecule is CC1CC1NC(=O)c1sc(N2CCOCC2)nc1N. The fraction of sp³-hybridized carbons (Fsp3) is 0.667. The number of ether oxygens (including phenoxy) is 1. The monoisotopic (exact) mass is 282 g/mol. The molecule has 0 bridgehead atoms. The second kappa shape index (κ2) is 4.97. The quantitative estimate of drug-likeness (QED) is 0.853. The molecular formula is C12H18N4O2S. The summed E-state index contributed by atoms with van der Waals surface area (Å²) in [4.78, 5) is 19.0. The molecule has 19 heavy (non-hydrogen) atoms. The molecule has 0 aromatic carbocycles. The molecule has 104 valence electrons. The van der Waals surface area contributed by atoms with Gasteiger partial charge >= 0.3 is 0 Å². The summed E-state index contributed by atoms with van der Waals surface area (Å²) in [6, 6.07) is 0.306. The fourth-order valence-corrected chi connectivity index (χ4v) is 3.07. The van der Waals surface area contributed by atoms with Crippen LogP contribution in [0.15, 0.2) is 0 Å². The van der Waals surface area contributed by atoms with Crippen LogP contribution in [0.2, 0.25) is 0 Å². The fourth-order valence-electron chi connectivity index (χ4n) is 2.13. The zero-order valence-electron chi connectivity index (χ0n) is 10.9. The van der Waals surface area contributed by atoms with Crippen LogP contribution in [0.25, 0.3) is 0 Å². The Bertz CT molecular complexity index is 484. The number of morpholine rings is 1. The van der Waals surface area contributed by atoms with Gasteiger partial charge in [0.1, 0.15) is 10.7 Å². The smallest absolute Gasteiger partial charge is 0.265 e. The molecule has 1 saturated carbocycles. The van der Waals surface area contributed by atoms with Crippen LogP contribution >= 0.6 is 11.3 Å². The normalized spacial score (nSPS) is 26.3. The number of anilines is 2. The molecule has 2 heterocycles. The van der Waals surface area contributed by atoms with Crippen molar-refractivity contribution in [3.05, 3.63) is 4.88 Å². The van der Waals surface area contributed by atoms with E-state index in [4.69, 9.17) is 10.5 Å². The first-order valence-corrected chi connectivity index (χ1v) is 7.36. The van der Waals surface area contributed by atoms with E-state index < -0.39 is 0 Å². The van der Waals surface area contributed by atoms with Crippen LogP contribution in [0.5, 0.6) is 0 Å². The summed E-state index contributed by atoms with van der Waals surface area (Å²) >= 11 is 1.37. The Kier molecular flexibility index (Phi) is 3.32. The predicted molar refractivity (Wildman–Crippen MR) is 74.6 cm³/mol. The van der Waals surface area contributed by atoms with E-state index in [1.165, 1.54) is 11.3 Å². The number of hydrogen-bond donors (Lipinski definition) is 2. The lowest BCUT2D eigenvalue weighted by Crippen LogP contribution is -2.36. The lowest BCUT2D eigenvalue weighted by atomic mass is 10.4. The highest BCUT2D eigenvalue weighted by Crippen LogP contribution is 2.32. The number of nitrogen functional groups attached to an aromatic ring is 1. The third-order valence-electron chi connectivity index (χ3n) is 3.56.